The fourth-order valence-electron chi connectivity index (χ4n) is 2.26. The second-order valence-corrected chi connectivity index (χ2v) is 4.90. The van der Waals surface area contributed by atoms with Gasteiger partial charge in [0.2, 0.25) is 0 Å². The predicted molar refractivity (Wildman–Crippen MR) is 69.1 cm³/mol. The van der Waals surface area contributed by atoms with E-state index in [0.29, 0.717) is 0 Å². The van der Waals surface area contributed by atoms with E-state index in [0.717, 1.165) is 24.5 Å². The zero-order valence-corrected chi connectivity index (χ0v) is 10.8. The third-order valence-electron chi connectivity index (χ3n) is 3.04. The van der Waals surface area contributed by atoms with Crippen molar-refractivity contribution in [1.82, 2.24) is 4.98 Å². The highest BCUT2D eigenvalue weighted by atomic mass is 16.5. The molecule has 2 N–H and O–H groups in total. The summed E-state index contributed by atoms with van der Waals surface area (Å²) in [6.07, 6.45) is 2.33. The lowest BCUT2D eigenvalue weighted by Gasteiger charge is -2.36. The van der Waals surface area contributed by atoms with Crippen LogP contribution in [0.2, 0.25) is 0 Å². The molecule has 1 aromatic heterocycles. The topological polar surface area (TPSA) is 51.4 Å². The highest BCUT2D eigenvalue weighted by Gasteiger charge is 2.23. The first-order valence-corrected chi connectivity index (χ1v) is 6.18. The fourth-order valence-corrected chi connectivity index (χ4v) is 2.26. The molecular weight excluding hydrogens is 214 g/mol. The molecule has 2 unspecified atom stereocenters. The minimum absolute atomic E-state index is 0.0487. The lowest BCUT2D eigenvalue weighted by molar-refractivity contribution is -0.00546. The molecule has 0 radical (unpaired) electrons. The Balaban J connectivity index is 2.18. The van der Waals surface area contributed by atoms with Crippen molar-refractivity contribution in [1.29, 1.82) is 0 Å². The maximum absolute atomic E-state index is 5.90. The summed E-state index contributed by atoms with van der Waals surface area (Å²) in [4.78, 5) is 6.70. The van der Waals surface area contributed by atoms with Gasteiger partial charge >= 0.3 is 0 Å². The molecule has 1 saturated heterocycles. The van der Waals surface area contributed by atoms with E-state index in [1.165, 1.54) is 0 Å². The van der Waals surface area contributed by atoms with Crippen LogP contribution in [0, 0.1) is 0 Å². The van der Waals surface area contributed by atoms with E-state index < -0.39 is 0 Å². The van der Waals surface area contributed by atoms with Gasteiger partial charge in [-0.25, -0.2) is 4.98 Å². The van der Waals surface area contributed by atoms with Crippen molar-refractivity contribution in [3.8, 4) is 0 Å². The smallest absolute Gasteiger partial charge is 0.128 e. The molecule has 2 heterocycles. The van der Waals surface area contributed by atoms with Crippen LogP contribution in [0.1, 0.15) is 32.4 Å². The van der Waals surface area contributed by atoms with Crippen molar-refractivity contribution in [2.24, 2.45) is 5.73 Å². The van der Waals surface area contributed by atoms with E-state index in [4.69, 9.17) is 10.5 Å². The number of rotatable bonds is 2. The summed E-state index contributed by atoms with van der Waals surface area (Å²) in [6, 6.07) is 4.10. The van der Waals surface area contributed by atoms with E-state index >= 15 is 0 Å². The third-order valence-corrected chi connectivity index (χ3v) is 3.04. The predicted octanol–water partition coefficient (Wildman–Crippen LogP) is 1.71. The summed E-state index contributed by atoms with van der Waals surface area (Å²) in [6.45, 7) is 7.96. The Morgan fingerprint density at radius 3 is 2.65 bits per heavy atom. The van der Waals surface area contributed by atoms with Crippen molar-refractivity contribution in [3.63, 3.8) is 0 Å². The number of ether oxygens (including phenoxy) is 1. The number of aromatic nitrogens is 1. The van der Waals surface area contributed by atoms with Gasteiger partial charge in [-0.05, 0) is 38.5 Å². The highest BCUT2D eigenvalue weighted by Crippen LogP contribution is 2.20. The Morgan fingerprint density at radius 2 is 2.06 bits per heavy atom. The van der Waals surface area contributed by atoms with E-state index in [9.17, 15) is 0 Å². The van der Waals surface area contributed by atoms with E-state index in [1.54, 1.807) is 0 Å². The Kier molecular flexibility index (Phi) is 3.64. The number of hydrogen-bond donors (Lipinski definition) is 1. The number of nitrogens with zero attached hydrogens (tertiary/aromatic N) is 2. The van der Waals surface area contributed by atoms with Gasteiger partial charge in [0, 0.05) is 25.3 Å². The van der Waals surface area contributed by atoms with E-state index in [2.05, 4.69) is 29.8 Å². The first-order chi connectivity index (χ1) is 8.06. The SMILES string of the molecule is CC1CN(c2cc([C@H](C)N)ccn2)CC(C)O1. The van der Waals surface area contributed by atoms with Crippen LogP contribution in [0.5, 0.6) is 0 Å². The first kappa shape index (κ1) is 12.3. The average Bonchev–Trinajstić information content (AvgIpc) is 2.28. The molecule has 17 heavy (non-hydrogen) atoms. The molecule has 0 spiro atoms. The fraction of sp³-hybridized carbons (Fsp3) is 0.615. The normalized spacial score (nSPS) is 26.9. The van der Waals surface area contributed by atoms with Crippen LogP contribution in [-0.2, 0) is 4.74 Å². The van der Waals surface area contributed by atoms with E-state index in [-0.39, 0.29) is 18.2 Å². The van der Waals surface area contributed by atoms with Crippen molar-refractivity contribution in [3.05, 3.63) is 23.9 Å². The zero-order valence-electron chi connectivity index (χ0n) is 10.8. The summed E-state index contributed by atoms with van der Waals surface area (Å²) in [5.74, 6) is 1.00. The quantitative estimate of drug-likeness (QED) is 0.848. The highest BCUT2D eigenvalue weighted by molar-refractivity contribution is 5.42. The van der Waals surface area contributed by atoms with Gasteiger partial charge in [0.25, 0.3) is 0 Å². The molecule has 94 valence electrons. The molecule has 0 amide bonds. The number of morpholine rings is 1. The lowest BCUT2D eigenvalue weighted by Crippen LogP contribution is -2.45. The second kappa shape index (κ2) is 5.02. The number of nitrogens with two attached hydrogens (primary N) is 1. The van der Waals surface area contributed by atoms with Crippen LogP contribution >= 0.6 is 0 Å². The first-order valence-electron chi connectivity index (χ1n) is 6.18. The van der Waals surface area contributed by atoms with Crippen LogP contribution in [-0.4, -0.2) is 30.3 Å². The summed E-state index contributed by atoms with van der Waals surface area (Å²) >= 11 is 0. The summed E-state index contributed by atoms with van der Waals surface area (Å²) in [7, 11) is 0. The summed E-state index contributed by atoms with van der Waals surface area (Å²) in [5.41, 5.74) is 7.02. The molecule has 1 fully saturated rings. The minimum atomic E-state index is 0.0487. The molecule has 2 rings (SSSR count). The molecule has 1 aromatic rings. The van der Waals surface area contributed by atoms with Gasteiger partial charge in [-0.2, -0.15) is 0 Å². The maximum atomic E-state index is 5.90. The van der Waals surface area contributed by atoms with Crippen LogP contribution in [0.3, 0.4) is 0 Å². The Morgan fingerprint density at radius 1 is 1.41 bits per heavy atom. The second-order valence-electron chi connectivity index (χ2n) is 4.90. The third kappa shape index (κ3) is 2.96. The van der Waals surface area contributed by atoms with Gasteiger partial charge in [0.1, 0.15) is 5.82 Å². The van der Waals surface area contributed by atoms with E-state index in [1.807, 2.05) is 19.2 Å². The van der Waals surface area contributed by atoms with Gasteiger partial charge in [0.05, 0.1) is 12.2 Å². The minimum Gasteiger partial charge on any atom is -0.372 e. The van der Waals surface area contributed by atoms with Crippen molar-refractivity contribution < 1.29 is 4.74 Å². The standard InChI is InChI=1S/C13H21N3O/c1-9-7-16(8-10(2)17-9)13-6-12(11(3)14)4-5-15-13/h4-6,9-11H,7-8,14H2,1-3H3/t9?,10?,11-/m0/s1. The van der Waals surface area contributed by atoms with Crippen molar-refractivity contribution >= 4 is 5.82 Å². The molecule has 1 aliphatic heterocycles. The monoisotopic (exact) mass is 235 g/mol. The molecule has 4 heteroatoms. The van der Waals surface area contributed by atoms with Crippen LogP contribution < -0.4 is 10.6 Å². The lowest BCUT2D eigenvalue weighted by atomic mass is 10.1. The molecule has 3 atom stereocenters. The maximum Gasteiger partial charge on any atom is 0.128 e. The number of pyridine rings is 1. The summed E-state index contributed by atoms with van der Waals surface area (Å²) < 4.78 is 5.72. The van der Waals surface area contributed by atoms with Gasteiger partial charge in [-0.1, -0.05) is 0 Å². The molecule has 1 aliphatic rings. The molecular formula is C13H21N3O. The Labute approximate surface area is 103 Å². The molecule has 0 aliphatic carbocycles. The molecule has 0 bridgehead atoms. The number of anilines is 1. The van der Waals surface area contributed by atoms with Gasteiger partial charge in [-0.15, -0.1) is 0 Å². The molecule has 0 saturated carbocycles. The van der Waals surface area contributed by atoms with Crippen molar-refractivity contribution in [2.45, 2.75) is 39.0 Å². The van der Waals surface area contributed by atoms with Crippen LogP contribution in [0.15, 0.2) is 18.3 Å². The van der Waals surface area contributed by atoms with Crippen molar-refractivity contribution in [2.75, 3.05) is 18.0 Å². The summed E-state index contributed by atoms with van der Waals surface area (Å²) in [5, 5.41) is 0. The largest absolute Gasteiger partial charge is 0.372 e. The Bertz CT molecular complexity index is 371. The van der Waals surface area contributed by atoms with Gasteiger partial charge in [0.15, 0.2) is 0 Å². The number of hydrogen-bond acceptors (Lipinski definition) is 4. The van der Waals surface area contributed by atoms with Crippen LogP contribution in [0.4, 0.5) is 5.82 Å². The molecule has 4 nitrogen and oxygen atoms in total. The molecule has 0 aromatic carbocycles. The van der Waals surface area contributed by atoms with Gasteiger partial charge < -0.3 is 15.4 Å². The zero-order chi connectivity index (χ0) is 12.4. The van der Waals surface area contributed by atoms with Crippen LogP contribution in [0.25, 0.3) is 0 Å². The Hall–Kier alpha value is -1.13. The van der Waals surface area contributed by atoms with Gasteiger partial charge in [-0.3, -0.25) is 0 Å². The average molecular weight is 235 g/mol.